The van der Waals surface area contributed by atoms with Crippen molar-refractivity contribution in [3.63, 3.8) is 0 Å². The van der Waals surface area contributed by atoms with Gasteiger partial charge in [0.15, 0.2) is 0 Å². The van der Waals surface area contributed by atoms with Crippen LogP contribution >= 0.6 is 62.3 Å². The van der Waals surface area contributed by atoms with Crippen molar-refractivity contribution < 1.29 is 9.90 Å². The fourth-order valence-electron chi connectivity index (χ4n) is 0.793. The maximum atomic E-state index is 10.8. The third-order valence-corrected chi connectivity index (χ3v) is 4.25. The zero-order valence-corrected chi connectivity index (χ0v) is 10.9. The lowest BCUT2D eigenvalue weighted by Gasteiger charge is -2.08. The smallest absolute Gasteiger partial charge is 0.338 e. The molecular weight excluding hydrogens is 338 g/mol. The standard InChI is InChI=1S/C7HBrCl4O2/c8-2-1(7(13)14)3(9)5(11)6(12)4(2)10/h(H,13,14). The van der Waals surface area contributed by atoms with Crippen molar-refractivity contribution in [1.29, 1.82) is 0 Å². The van der Waals surface area contributed by atoms with Gasteiger partial charge in [0.2, 0.25) is 0 Å². The summed E-state index contributed by atoms with van der Waals surface area (Å²) in [6, 6.07) is 0. The molecule has 0 atom stereocenters. The van der Waals surface area contributed by atoms with Crippen LogP contribution in [-0.4, -0.2) is 11.1 Å². The van der Waals surface area contributed by atoms with Gasteiger partial charge < -0.3 is 5.11 Å². The van der Waals surface area contributed by atoms with E-state index in [0.29, 0.717) is 0 Å². The Balaban J connectivity index is 3.68. The van der Waals surface area contributed by atoms with Crippen LogP contribution in [-0.2, 0) is 0 Å². The third-order valence-electron chi connectivity index (χ3n) is 1.42. The fourth-order valence-corrected chi connectivity index (χ4v) is 2.52. The first-order chi connectivity index (χ1) is 6.37. The van der Waals surface area contributed by atoms with Crippen LogP contribution in [0.15, 0.2) is 4.47 Å². The fraction of sp³-hybridized carbons (Fsp3) is 0. The first-order valence-electron chi connectivity index (χ1n) is 3.12. The molecule has 0 bridgehead atoms. The Bertz CT molecular complexity index is 390. The van der Waals surface area contributed by atoms with E-state index in [1.165, 1.54) is 0 Å². The van der Waals surface area contributed by atoms with Gasteiger partial charge in [0, 0.05) is 0 Å². The zero-order valence-electron chi connectivity index (χ0n) is 6.25. The molecule has 0 heterocycles. The molecule has 0 radical (unpaired) electrons. The summed E-state index contributed by atoms with van der Waals surface area (Å²) in [6.45, 7) is 0. The molecule has 1 rings (SSSR count). The second-order valence-electron chi connectivity index (χ2n) is 2.25. The first kappa shape index (κ1) is 12.4. The number of hydrogen-bond acceptors (Lipinski definition) is 1. The van der Waals surface area contributed by atoms with Crippen molar-refractivity contribution in [3.8, 4) is 0 Å². The van der Waals surface area contributed by atoms with Crippen LogP contribution in [0.3, 0.4) is 0 Å². The highest BCUT2D eigenvalue weighted by Gasteiger charge is 2.22. The van der Waals surface area contributed by atoms with Gasteiger partial charge in [-0.15, -0.1) is 0 Å². The van der Waals surface area contributed by atoms with E-state index in [2.05, 4.69) is 15.9 Å². The van der Waals surface area contributed by atoms with E-state index in [0.717, 1.165) is 0 Å². The molecule has 0 aromatic heterocycles. The number of carbonyl (C=O) groups is 1. The lowest BCUT2D eigenvalue weighted by atomic mass is 10.2. The quantitative estimate of drug-likeness (QED) is 0.592. The van der Waals surface area contributed by atoms with Crippen LogP contribution in [0, 0.1) is 0 Å². The number of carboxylic acid groups (broad SMARTS) is 1. The van der Waals surface area contributed by atoms with E-state index in [9.17, 15) is 4.79 Å². The molecular formula is C7HBrCl4O2. The minimum atomic E-state index is -1.23. The number of carboxylic acids is 1. The minimum Gasteiger partial charge on any atom is -0.478 e. The molecule has 0 spiro atoms. The first-order valence-corrected chi connectivity index (χ1v) is 5.43. The zero-order chi connectivity index (χ0) is 11.0. The lowest BCUT2D eigenvalue weighted by molar-refractivity contribution is 0.0696. The highest BCUT2D eigenvalue weighted by molar-refractivity contribution is 9.10. The predicted octanol–water partition coefficient (Wildman–Crippen LogP) is 4.76. The third kappa shape index (κ3) is 1.97. The van der Waals surface area contributed by atoms with Gasteiger partial charge in [-0.05, 0) is 15.9 Å². The molecule has 1 aromatic carbocycles. The van der Waals surface area contributed by atoms with Gasteiger partial charge in [0.1, 0.15) is 0 Å². The van der Waals surface area contributed by atoms with E-state index in [4.69, 9.17) is 51.5 Å². The van der Waals surface area contributed by atoms with E-state index in [-0.39, 0.29) is 30.1 Å². The summed E-state index contributed by atoms with van der Waals surface area (Å²) in [7, 11) is 0. The Kier molecular flexibility index (Phi) is 3.95. The van der Waals surface area contributed by atoms with Gasteiger partial charge in [0.25, 0.3) is 0 Å². The van der Waals surface area contributed by atoms with Crippen LogP contribution in [0.4, 0.5) is 0 Å². The second kappa shape index (κ2) is 4.45. The molecule has 0 saturated heterocycles. The molecule has 7 heteroatoms. The van der Waals surface area contributed by atoms with E-state index >= 15 is 0 Å². The van der Waals surface area contributed by atoms with Crippen molar-refractivity contribution in [2.45, 2.75) is 0 Å². The minimum absolute atomic E-state index is 0.0233. The van der Waals surface area contributed by atoms with Crippen LogP contribution in [0.5, 0.6) is 0 Å². The predicted molar refractivity (Wildman–Crippen MR) is 61.1 cm³/mol. The average Bonchev–Trinajstić information content (AvgIpc) is 2.11. The number of aromatic carboxylic acids is 1. The summed E-state index contributed by atoms with van der Waals surface area (Å²) in [5.74, 6) is -1.23. The van der Waals surface area contributed by atoms with E-state index in [1.807, 2.05) is 0 Å². The maximum Gasteiger partial charge on any atom is 0.338 e. The molecule has 1 aromatic rings. The number of rotatable bonds is 1. The van der Waals surface area contributed by atoms with Crippen molar-refractivity contribution >= 4 is 68.3 Å². The lowest BCUT2D eigenvalue weighted by Crippen LogP contribution is -2.00. The van der Waals surface area contributed by atoms with Gasteiger partial charge in [-0.2, -0.15) is 0 Å². The molecule has 0 unspecified atom stereocenters. The van der Waals surface area contributed by atoms with Crippen LogP contribution in [0.1, 0.15) is 10.4 Å². The SMILES string of the molecule is O=C(O)c1c(Cl)c(Cl)c(Cl)c(Cl)c1Br. The molecule has 0 aliphatic heterocycles. The average molecular weight is 339 g/mol. The summed E-state index contributed by atoms with van der Waals surface area (Å²) in [5.41, 5.74) is -0.203. The number of benzene rings is 1. The van der Waals surface area contributed by atoms with Gasteiger partial charge in [-0.25, -0.2) is 4.79 Å². The molecule has 0 fully saturated rings. The Labute approximate surface area is 108 Å². The highest BCUT2D eigenvalue weighted by atomic mass is 79.9. The Hall–Kier alpha value is 0.330. The maximum absolute atomic E-state index is 10.8. The summed E-state index contributed by atoms with van der Waals surface area (Å²) in [6.07, 6.45) is 0. The number of hydrogen-bond donors (Lipinski definition) is 1. The van der Waals surface area contributed by atoms with E-state index in [1.54, 1.807) is 0 Å². The van der Waals surface area contributed by atoms with Crippen molar-refractivity contribution in [1.82, 2.24) is 0 Å². The molecule has 0 saturated carbocycles. The van der Waals surface area contributed by atoms with Crippen molar-refractivity contribution in [3.05, 3.63) is 30.1 Å². The summed E-state index contributed by atoms with van der Waals surface area (Å²) < 4.78 is 0.117. The van der Waals surface area contributed by atoms with E-state index < -0.39 is 5.97 Å². The van der Waals surface area contributed by atoms with Gasteiger partial charge in [-0.3, -0.25) is 0 Å². The van der Waals surface area contributed by atoms with Crippen LogP contribution < -0.4 is 0 Å². The largest absolute Gasteiger partial charge is 0.478 e. The monoisotopic (exact) mass is 336 g/mol. The van der Waals surface area contributed by atoms with Crippen molar-refractivity contribution in [2.24, 2.45) is 0 Å². The highest BCUT2D eigenvalue weighted by Crippen LogP contribution is 2.43. The molecule has 14 heavy (non-hydrogen) atoms. The summed E-state index contributed by atoms with van der Waals surface area (Å²) >= 11 is 25.7. The Morgan fingerprint density at radius 2 is 1.43 bits per heavy atom. The summed E-state index contributed by atoms with van der Waals surface area (Å²) in [5, 5.41) is 8.65. The number of halogens is 5. The normalized spacial score (nSPS) is 10.4. The molecule has 0 amide bonds. The molecule has 0 aliphatic carbocycles. The van der Waals surface area contributed by atoms with Crippen LogP contribution in [0.25, 0.3) is 0 Å². The summed E-state index contributed by atoms with van der Waals surface area (Å²) in [4.78, 5) is 10.8. The van der Waals surface area contributed by atoms with Gasteiger partial charge in [-0.1, -0.05) is 46.4 Å². The van der Waals surface area contributed by atoms with Gasteiger partial charge in [0.05, 0.1) is 30.1 Å². The topological polar surface area (TPSA) is 37.3 Å². The van der Waals surface area contributed by atoms with Crippen LogP contribution in [0.2, 0.25) is 20.1 Å². The molecule has 0 aliphatic rings. The van der Waals surface area contributed by atoms with Crippen molar-refractivity contribution in [2.75, 3.05) is 0 Å². The molecule has 2 nitrogen and oxygen atoms in total. The Morgan fingerprint density at radius 1 is 1.00 bits per heavy atom. The Morgan fingerprint density at radius 3 is 1.86 bits per heavy atom. The molecule has 1 N–H and O–H groups in total. The van der Waals surface area contributed by atoms with Gasteiger partial charge >= 0.3 is 5.97 Å². The molecule has 76 valence electrons. The second-order valence-corrected chi connectivity index (χ2v) is 4.55.